The van der Waals surface area contributed by atoms with Crippen molar-refractivity contribution >= 4 is 0 Å². The van der Waals surface area contributed by atoms with Crippen LogP contribution in [0, 0.1) is 11.3 Å². The van der Waals surface area contributed by atoms with Gasteiger partial charge in [0.05, 0.1) is 12.2 Å². The number of nitrogens with one attached hydrogen (secondary N) is 1. The molecule has 104 valence electrons. The van der Waals surface area contributed by atoms with Gasteiger partial charge in [0.15, 0.2) is 0 Å². The molecule has 1 fully saturated rings. The van der Waals surface area contributed by atoms with Crippen LogP contribution in [-0.4, -0.2) is 25.3 Å². The molecule has 0 spiro atoms. The molecule has 0 heterocycles. The van der Waals surface area contributed by atoms with E-state index in [1.165, 1.54) is 38.5 Å². The summed E-state index contributed by atoms with van der Waals surface area (Å²) in [4.78, 5) is 0. The highest BCUT2D eigenvalue weighted by molar-refractivity contribution is 5.02. The summed E-state index contributed by atoms with van der Waals surface area (Å²) in [6.07, 6.45) is 11.4. The largest absolute Gasteiger partial charge is 0.378 e. The molecule has 0 aliphatic heterocycles. The van der Waals surface area contributed by atoms with E-state index in [2.05, 4.69) is 11.4 Å². The molecule has 1 aliphatic rings. The van der Waals surface area contributed by atoms with Gasteiger partial charge in [0, 0.05) is 6.61 Å². The Balaban J connectivity index is 2.06. The Hall–Kier alpha value is -0.590. The Bertz CT molecular complexity index is 254. The Kier molecular flexibility index (Phi) is 7.31. The van der Waals surface area contributed by atoms with Crippen LogP contribution in [0.1, 0.15) is 64.7 Å². The van der Waals surface area contributed by atoms with E-state index in [1.807, 2.05) is 14.0 Å². The molecule has 1 unspecified atom stereocenters. The van der Waals surface area contributed by atoms with Gasteiger partial charge in [0.25, 0.3) is 0 Å². The van der Waals surface area contributed by atoms with Gasteiger partial charge >= 0.3 is 0 Å². The van der Waals surface area contributed by atoms with E-state index in [1.54, 1.807) is 0 Å². The van der Waals surface area contributed by atoms with Crippen molar-refractivity contribution in [2.24, 2.45) is 0 Å². The lowest BCUT2D eigenvalue weighted by Gasteiger charge is -2.20. The second kappa shape index (κ2) is 8.50. The molecule has 0 saturated heterocycles. The summed E-state index contributed by atoms with van der Waals surface area (Å²) in [5.41, 5.74) is -0.373. The van der Waals surface area contributed by atoms with Crippen molar-refractivity contribution in [3.63, 3.8) is 0 Å². The summed E-state index contributed by atoms with van der Waals surface area (Å²) in [6, 6.07) is 2.32. The fourth-order valence-electron chi connectivity index (χ4n) is 2.48. The fourth-order valence-corrected chi connectivity index (χ4v) is 2.48. The molecule has 1 atom stereocenters. The first-order chi connectivity index (χ1) is 8.70. The van der Waals surface area contributed by atoms with E-state index in [9.17, 15) is 0 Å². The van der Waals surface area contributed by atoms with Crippen LogP contribution in [-0.2, 0) is 4.74 Å². The molecule has 1 N–H and O–H groups in total. The second-order valence-electron chi connectivity index (χ2n) is 5.64. The number of ether oxygens (including phenoxy) is 1. The highest BCUT2D eigenvalue weighted by Gasteiger charge is 2.20. The smallest absolute Gasteiger partial charge is 0.103 e. The van der Waals surface area contributed by atoms with E-state index in [0.717, 1.165) is 25.9 Å². The molecular weight excluding hydrogens is 224 g/mol. The predicted octanol–water partition coefficient (Wildman–Crippen LogP) is 3.40. The maximum Gasteiger partial charge on any atom is 0.103 e. The molecule has 0 aromatic heterocycles. The monoisotopic (exact) mass is 252 g/mol. The first-order valence-corrected chi connectivity index (χ1v) is 7.42. The van der Waals surface area contributed by atoms with Crippen LogP contribution in [0.5, 0.6) is 0 Å². The maximum absolute atomic E-state index is 9.03. The van der Waals surface area contributed by atoms with E-state index < -0.39 is 0 Å². The minimum absolute atomic E-state index is 0.373. The zero-order valence-electron chi connectivity index (χ0n) is 12.0. The molecule has 1 aliphatic carbocycles. The van der Waals surface area contributed by atoms with Crippen molar-refractivity contribution in [2.75, 3.05) is 13.7 Å². The number of nitriles is 1. The highest BCUT2D eigenvalue weighted by atomic mass is 16.5. The summed E-state index contributed by atoms with van der Waals surface area (Å²) in [5, 5.41) is 12.1. The third-order valence-corrected chi connectivity index (χ3v) is 4.03. The summed E-state index contributed by atoms with van der Waals surface area (Å²) in [7, 11) is 1.85. The molecule has 0 aromatic carbocycles. The summed E-state index contributed by atoms with van der Waals surface area (Å²) >= 11 is 0. The lowest BCUT2D eigenvalue weighted by Crippen LogP contribution is -2.37. The normalized spacial score (nSPS) is 20.9. The van der Waals surface area contributed by atoms with Gasteiger partial charge in [-0.05, 0) is 46.1 Å². The molecule has 0 radical (unpaired) electrons. The first kappa shape index (κ1) is 15.5. The van der Waals surface area contributed by atoms with Crippen molar-refractivity contribution < 1.29 is 4.74 Å². The standard InChI is InChI=1S/C15H28N2O/c1-15(13-16,17-2)11-7-8-12-18-14-9-5-3-4-6-10-14/h14,17H,3-12H2,1-2H3. The number of hydrogen-bond donors (Lipinski definition) is 1. The van der Waals surface area contributed by atoms with E-state index in [-0.39, 0.29) is 5.54 Å². The first-order valence-electron chi connectivity index (χ1n) is 7.42. The minimum atomic E-state index is -0.373. The lowest BCUT2D eigenvalue weighted by atomic mass is 9.97. The van der Waals surface area contributed by atoms with Gasteiger partial charge in [-0.15, -0.1) is 0 Å². The molecule has 0 bridgehead atoms. The van der Waals surface area contributed by atoms with E-state index in [0.29, 0.717) is 6.10 Å². The van der Waals surface area contributed by atoms with Crippen LogP contribution in [0.25, 0.3) is 0 Å². The third kappa shape index (κ3) is 5.84. The lowest BCUT2D eigenvalue weighted by molar-refractivity contribution is 0.0403. The number of nitrogens with zero attached hydrogens (tertiary/aromatic N) is 1. The zero-order chi connectivity index (χ0) is 13.3. The minimum Gasteiger partial charge on any atom is -0.378 e. The van der Waals surface area contributed by atoms with Crippen LogP contribution in [0.4, 0.5) is 0 Å². The quantitative estimate of drug-likeness (QED) is 0.558. The van der Waals surface area contributed by atoms with Crippen LogP contribution < -0.4 is 5.32 Å². The van der Waals surface area contributed by atoms with Gasteiger partial charge in [0.1, 0.15) is 5.54 Å². The van der Waals surface area contributed by atoms with E-state index in [4.69, 9.17) is 10.00 Å². The Morgan fingerprint density at radius 1 is 1.22 bits per heavy atom. The average molecular weight is 252 g/mol. The molecular formula is C15H28N2O. The van der Waals surface area contributed by atoms with Crippen LogP contribution in [0.3, 0.4) is 0 Å². The third-order valence-electron chi connectivity index (χ3n) is 4.03. The Morgan fingerprint density at radius 2 is 1.89 bits per heavy atom. The van der Waals surface area contributed by atoms with Gasteiger partial charge in [-0.2, -0.15) is 5.26 Å². The molecule has 1 rings (SSSR count). The summed E-state index contributed by atoms with van der Waals surface area (Å²) < 4.78 is 5.94. The molecule has 3 nitrogen and oxygen atoms in total. The van der Waals surface area contributed by atoms with Crippen molar-refractivity contribution in [2.45, 2.75) is 76.4 Å². The fraction of sp³-hybridized carbons (Fsp3) is 0.933. The molecule has 0 aromatic rings. The molecule has 1 saturated carbocycles. The zero-order valence-corrected chi connectivity index (χ0v) is 12.0. The Morgan fingerprint density at radius 3 is 2.44 bits per heavy atom. The van der Waals surface area contributed by atoms with Crippen molar-refractivity contribution in [1.29, 1.82) is 5.26 Å². The van der Waals surface area contributed by atoms with Crippen molar-refractivity contribution in [3.05, 3.63) is 0 Å². The number of unbranched alkanes of at least 4 members (excludes halogenated alkanes) is 1. The summed E-state index contributed by atoms with van der Waals surface area (Å²) in [6.45, 7) is 2.81. The average Bonchev–Trinajstić information content (AvgIpc) is 2.67. The van der Waals surface area contributed by atoms with Gasteiger partial charge in [-0.25, -0.2) is 0 Å². The van der Waals surface area contributed by atoms with Crippen molar-refractivity contribution in [1.82, 2.24) is 5.32 Å². The second-order valence-corrected chi connectivity index (χ2v) is 5.64. The van der Waals surface area contributed by atoms with Crippen LogP contribution in [0.15, 0.2) is 0 Å². The number of hydrogen-bond acceptors (Lipinski definition) is 3. The van der Waals surface area contributed by atoms with Gasteiger partial charge in [-0.3, -0.25) is 0 Å². The van der Waals surface area contributed by atoms with Crippen molar-refractivity contribution in [3.8, 4) is 6.07 Å². The predicted molar refractivity (Wildman–Crippen MR) is 74.4 cm³/mol. The van der Waals surface area contributed by atoms with Gasteiger partial charge in [0.2, 0.25) is 0 Å². The molecule has 3 heteroatoms. The summed E-state index contributed by atoms with van der Waals surface area (Å²) in [5.74, 6) is 0. The Labute approximate surface area is 112 Å². The van der Waals surface area contributed by atoms with Crippen LogP contribution >= 0.6 is 0 Å². The SMILES string of the molecule is CNC(C)(C#N)CCCCOC1CCCCCC1. The maximum atomic E-state index is 9.03. The highest BCUT2D eigenvalue weighted by Crippen LogP contribution is 2.20. The number of rotatable bonds is 7. The van der Waals surface area contributed by atoms with Crippen LogP contribution in [0.2, 0.25) is 0 Å². The van der Waals surface area contributed by atoms with E-state index >= 15 is 0 Å². The topological polar surface area (TPSA) is 45.0 Å². The van der Waals surface area contributed by atoms with Gasteiger partial charge in [-0.1, -0.05) is 25.7 Å². The van der Waals surface area contributed by atoms with Gasteiger partial charge < -0.3 is 10.1 Å². The molecule has 0 amide bonds. The molecule has 18 heavy (non-hydrogen) atoms.